The van der Waals surface area contributed by atoms with Crippen LogP contribution in [0.1, 0.15) is 39.7 Å². The molecule has 1 fully saturated rings. The number of rotatable bonds is 3. The Labute approximate surface area is 122 Å². The molecule has 2 heterocycles. The summed E-state index contributed by atoms with van der Waals surface area (Å²) in [6.07, 6.45) is 4.17. The van der Waals surface area contributed by atoms with Gasteiger partial charge in [0.15, 0.2) is 0 Å². The maximum absolute atomic E-state index is 11.8. The first-order valence-corrected chi connectivity index (χ1v) is 6.93. The Bertz CT molecular complexity index is 527. The zero-order valence-corrected chi connectivity index (χ0v) is 12.5. The lowest BCUT2D eigenvalue weighted by Gasteiger charge is -2.32. The quantitative estimate of drug-likeness (QED) is 0.625. The molecule has 1 aliphatic rings. The van der Waals surface area contributed by atoms with Crippen molar-refractivity contribution in [3.8, 4) is 0 Å². The molecule has 0 atom stereocenters. The summed E-state index contributed by atoms with van der Waals surface area (Å²) in [7, 11) is 0. The van der Waals surface area contributed by atoms with Crippen LogP contribution in [0.2, 0.25) is 0 Å². The molecule has 8 heteroatoms. The zero-order chi connectivity index (χ0) is 15.6. The number of carbonyl (C=O) groups excluding carboxylic acids is 1. The molecule has 8 nitrogen and oxygen atoms in total. The predicted octanol–water partition coefficient (Wildman–Crippen LogP) is 1.93. The first kappa shape index (κ1) is 15.4. The first-order valence-electron chi connectivity index (χ1n) is 6.93. The van der Waals surface area contributed by atoms with E-state index in [-0.39, 0.29) is 17.7 Å². The van der Waals surface area contributed by atoms with E-state index < -0.39 is 10.3 Å². The highest BCUT2D eigenvalue weighted by molar-refractivity contribution is 5.75. The molecule has 1 aromatic rings. The van der Waals surface area contributed by atoms with Gasteiger partial charge in [0.2, 0.25) is 0 Å². The second kappa shape index (κ2) is 5.80. The minimum atomic E-state index is -0.528. The van der Waals surface area contributed by atoms with Gasteiger partial charge in [0.05, 0.1) is 16.4 Å². The molecule has 0 aromatic carbocycles. The molecule has 116 valence electrons. The summed E-state index contributed by atoms with van der Waals surface area (Å²) < 4.78 is 1.63. The van der Waals surface area contributed by atoms with Gasteiger partial charge in [-0.3, -0.25) is 14.8 Å². The number of hydrogen-bond acceptors (Lipinski definition) is 6. The van der Waals surface area contributed by atoms with Crippen LogP contribution in [0, 0.1) is 15.5 Å². The van der Waals surface area contributed by atoms with E-state index in [1.54, 1.807) is 9.75 Å². The lowest BCUT2D eigenvalue weighted by Crippen LogP contribution is -2.39. The number of hydrogen-bond donors (Lipinski definition) is 0. The van der Waals surface area contributed by atoms with Gasteiger partial charge < -0.3 is 4.84 Å². The molecule has 0 unspecified atom stereocenters. The molecule has 2 rings (SSSR count). The molecule has 0 aliphatic carbocycles. The molecule has 0 saturated carbocycles. The lowest BCUT2D eigenvalue weighted by atomic mass is 9.98. The van der Waals surface area contributed by atoms with Crippen molar-refractivity contribution in [2.24, 2.45) is 5.41 Å². The van der Waals surface area contributed by atoms with Gasteiger partial charge in [-0.15, -0.1) is 5.06 Å². The fraction of sp³-hybridized carbons (Fsp3) is 0.692. The van der Waals surface area contributed by atoms with Crippen LogP contribution in [0.4, 0.5) is 5.69 Å². The van der Waals surface area contributed by atoms with Crippen molar-refractivity contribution in [1.82, 2.24) is 14.8 Å². The molecular weight excluding hydrogens is 276 g/mol. The average molecular weight is 296 g/mol. The molecule has 0 spiro atoms. The lowest BCUT2D eigenvalue weighted by molar-refractivity contribution is -0.385. The molecule has 1 aliphatic heterocycles. The van der Waals surface area contributed by atoms with Crippen LogP contribution in [-0.2, 0) is 9.63 Å². The number of piperidine rings is 1. The Morgan fingerprint density at radius 1 is 1.43 bits per heavy atom. The van der Waals surface area contributed by atoms with E-state index in [9.17, 15) is 14.9 Å². The van der Waals surface area contributed by atoms with Crippen LogP contribution in [0.25, 0.3) is 0 Å². The maximum atomic E-state index is 11.8. The average Bonchev–Trinajstić information content (AvgIpc) is 2.88. The monoisotopic (exact) mass is 296 g/mol. The van der Waals surface area contributed by atoms with Gasteiger partial charge in [0.1, 0.15) is 12.4 Å². The van der Waals surface area contributed by atoms with E-state index in [1.807, 2.05) is 20.8 Å². The Morgan fingerprint density at radius 3 is 2.52 bits per heavy atom. The molecular formula is C13H20N4O4. The van der Waals surface area contributed by atoms with Crippen LogP contribution >= 0.6 is 0 Å². The van der Waals surface area contributed by atoms with Crippen molar-refractivity contribution in [2.45, 2.75) is 39.7 Å². The van der Waals surface area contributed by atoms with Crippen LogP contribution in [-0.4, -0.2) is 38.8 Å². The summed E-state index contributed by atoms with van der Waals surface area (Å²) in [6.45, 7) is 6.63. The van der Waals surface area contributed by atoms with Crippen LogP contribution in [0.3, 0.4) is 0 Å². The van der Waals surface area contributed by atoms with Gasteiger partial charge in [-0.2, -0.15) is 5.10 Å². The third-order valence-corrected chi connectivity index (χ3v) is 3.42. The predicted molar refractivity (Wildman–Crippen MR) is 74.3 cm³/mol. The third-order valence-electron chi connectivity index (χ3n) is 3.42. The Balaban J connectivity index is 1.88. The Kier molecular flexibility index (Phi) is 4.26. The van der Waals surface area contributed by atoms with Crippen LogP contribution in [0.15, 0.2) is 12.4 Å². The third kappa shape index (κ3) is 3.78. The normalized spacial score (nSPS) is 17.7. The highest BCUT2D eigenvalue weighted by Gasteiger charge is 2.29. The summed E-state index contributed by atoms with van der Waals surface area (Å²) >= 11 is 0. The molecule has 0 radical (unpaired) electrons. The van der Waals surface area contributed by atoms with Crippen LogP contribution in [0.5, 0.6) is 0 Å². The number of aromatic nitrogens is 2. The summed E-state index contributed by atoms with van der Waals surface area (Å²) in [5.41, 5.74) is -0.531. The number of nitrogens with zero attached hydrogens (tertiary/aromatic N) is 4. The summed E-state index contributed by atoms with van der Waals surface area (Å²) in [5.74, 6) is -0.254. The Hall–Kier alpha value is -1.96. The maximum Gasteiger partial charge on any atom is 0.330 e. The second-order valence-electron chi connectivity index (χ2n) is 6.22. The van der Waals surface area contributed by atoms with E-state index in [2.05, 4.69) is 5.10 Å². The summed E-state index contributed by atoms with van der Waals surface area (Å²) in [4.78, 5) is 27.3. The number of hydroxylamine groups is 2. The van der Waals surface area contributed by atoms with E-state index in [0.717, 1.165) is 12.8 Å². The second-order valence-corrected chi connectivity index (χ2v) is 6.22. The summed E-state index contributed by atoms with van der Waals surface area (Å²) in [6, 6.07) is 0.100. The highest BCUT2D eigenvalue weighted by Crippen LogP contribution is 2.25. The first-order chi connectivity index (χ1) is 9.77. The van der Waals surface area contributed by atoms with Crippen molar-refractivity contribution < 1.29 is 14.6 Å². The zero-order valence-electron chi connectivity index (χ0n) is 12.5. The molecule has 0 bridgehead atoms. The van der Waals surface area contributed by atoms with E-state index >= 15 is 0 Å². The van der Waals surface area contributed by atoms with E-state index in [0.29, 0.717) is 13.1 Å². The van der Waals surface area contributed by atoms with Gasteiger partial charge >= 0.3 is 11.7 Å². The molecule has 0 N–H and O–H groups in total. The van der Waals surface area contributed by atoms with Crippen molar-refractivity contribution in [3.63, 3.8) is 0 Å². The van der Waals surface area contributed by atoms with Gasteiger partial charge in [0.25, 0.3) is 0 Å². The molecule has 0 amide bonds. The van der Waals surface area contributed by atoms with Gasteiger partial charge in [-0.1, -0.05) is 0 Å². The van der Waals surface area contributed by atoms with Gasteiger partial charge in [0, 0.05) is 13.1 Å². The largest absolute Gasteiger partial charge is 0.367 e. The van der Waals surface area contributed by atoms with Crippen molar-refractivity contribution in [2.75, 3.05) is 13.1 Å². The Morgan fingerprint density at radius 2 is 2.05 bits per heavy atom. The molecule has 1 saturated heterocycles. The fourth-order valence-corrected chi connectivity index (χ4v) is 2.07. The highest BCUT2D eigenvalue weighted by atomic mass is 16.7. The van der Waals surface area contributed by atoms with Gasteiger partial charge in [-0.05, 0) is 33.6 Å². The minimum absolute atomic E-state index is 0.00316. The number of nitro groups is 1. The van der Waals surface area contributed by atoms with E-state index in [4.69, 9.17) is 4.84 Å². The van der Waals surface area contributed by atoms with Crippen molar-refractivity contribution >= 4 is 11.7 Å². The minimum Gasteiger partial charge on any atom is -0.367 e. The smallest absolute Gasteiger partial charge is 0.330 e. The topological polar surface area (TPSA) is 90.5 Å². The fourth-order valence-electron chi connectivity index (χ4n) is 2.07. The van der Waals surface area contributed by atoms with Crippen LogP contribution < -0.4 is 0 Å². The summed E-state index contributed by atoms with van der Waals surface area (Å²) in [5, 5.41) is 16.3. The molecule has 1 aromatic heterocycles. The van der Waals surface area contributed by atoms with Crippen molar-refractivity contribution in [3.05, 3.63) is 22.5 Å². The van der Waals surface area contributed by atoms with Gasteiger partial charge in [-0.25, -0.2) is 4.79 Å². The number of carbonyl (C=O) groups is 1. The molecule has 21 heavy (non-hydrogen) atoms. The van der Waals surface area contributed by atoms with Crippen molar-refractivity contribution in [1.29, 1.82) is 0 Å². The van der Waals surface area contributed by atoms with E-state index in [1.165, 1.54) is 12.4 Å². The SMILES string of the molecule is CC(C)(C)C(=O)ON1CCC(n2cc([N+](=O)[O-])cn2)CC1. The standard InChI is InChI=1S/C13H20N4O4/c1-13(2,3)12(18)21-15-6-4-10(5-7-15)16-9-11(8-14-16)17(19)20/h8-10H,4-7H2,1-3H3.